The number of fused-ring (bicyclic) bond motifs is 1. The second-order valence-electron chi connectivity index (χ2n) is 7.20. The predicted molar refractivity (Wildman–Crippen MR) is 118 cm³/mol. The van der Waals surface area contributed by atoms with Gasteiger partial charge >= 0.3 is 0 Å². The standard InChI is InChI=1S/C16H18N2.C8H6N2O2/c17-11-13-5-3-8-16-14(6-4-7-15(13)16)12-18-9-1-2-10-18;9-4-6-3-5(8(10)12)1-2-7(6)11/h3-8,11,17H,1-2,9-10,12H2;1-3,11H,(H2,10,12). The number of aromatic hydroxyl groups is 1. The van der Waals surface area contributed by atoms with Gasteiger partial charge in [-0.2, -0.15) is 5.26 Å². The molecule has 4 N–H and O–H groups in total. The zero-order chi connectivity index (χ0) is 21.5. The van der Waals surface area contributed by atoms with Gasteiger partial charge in [0.2, 0.25) is 5.91 Å². The fourth-order valence-electron chi connectivity index (χ4n) is 3.62. The van der Waals surface area contributed by atoms with Crippen LogP contribution in [0.15, 0.2) is 54.6 Å². The molecule has 6 nitrogen and oxygen atoms in total. The Morgan fingerprint density at radius 3 is 2.50 bits per heavy atom. The molecule has 1 aliphatic rings. The fraction of sp³-hybridized carbons (Fsp3) is 0.208. The molecule has 0 spiro atoms. The molecular formula is C24H24N4O2. The van der Waals surface area contributed by atoms with Crippen molar-refractivity contribution in [1.29, 1.82) is 10.7 Å². The van der Waals surface area contributed by atoms with Crippen molar-refractivity contribution in [2.45, 2.75) is 19.4 Å². The molecule has 1 heterocycles. The number of hydrogen-bond acceptors (Lipinski definition) is 5. The lowest BCUT2D eigenvalue weighted by molar-refractivity contribution is 0.1000. The number of primary amides is 1. The summed E-state index contributed by atoms with van der Waals surface area (Å²) in [5.74, 6) is -0.769. The van der Waals surface area contributed by atoms with Crippen LogP contribution in [0.1, 0.15) is 39.9 Å². The van der Waals surface area contributed by atoms with E-state index in [0.29, 0.717) is 0 Å². The molecule has 1 fully saturated rings. The van der Waals surface area contributed by atoms with Crippen LogP contribution in [-0.2, 0) is 6.54 Å². The average Bonchev–Trinajstić information content (AvgIpc) is 3.27. The Hall–Kier alpha value is -3.69. The molecule has 0 unspecified atom stereocenters. The molecule has 0 atom stereocenters. The Balaban J connectivity index is 0.000000187. The maximum absolute atomic E-state index is 10.6. The predicted octanol–water partition coefficient (Wildman–Crippen LogP) is 3.80. The van der Waals surface area contributed by atoms with E-state index in [1.54, 1.807) is 6.07 Å². The third kappa shape index (κ3) is 4.83. The van der Waals surface area contributed by atoms with E-state index in [0.717, 1.165) is 12.1 Å². The first-order chi connectivity index (χ1) is 14.5. The van der Waals surface area contributed by atoms with Gasteiger partial charge in [-0.25, -0.2) is 0 Å². The summed E-state index contributed by atoms with van der Waals surface area (Å²) in [5.41, 5.74) is 7.61. The smallest absolute Gasteiger partial charge is 0.248 e. The highest BCUT2D eigenvalue weighted by atomic mass is 16.3. The number of phenols is 1. The highest BCUT2D eigenvalue weighted by molar-refractivity contribution is 6.00. The Morgan fingerprint density at radius 1 is 1.13 bits per heavy atom. The molecule has 0 bridgehead atoms. The van der Waals surface area contributed by atoms with Crippen molar-refractivity contribution < 1.29 is 9.90 Å². The second kappa shape index (κ2) is 9.68. The first-order valence-electron chi connectivity index (χ1n) is 9.80. The van der Waals surface area contributed by atoms with Crippen molar-refractivity contribution in [2.75, 3.05) is 13.1 Å². The van der Waals surface area contributed by atoms with Gasteiger partial charge in [0, 0.05) is 18.3 Å². The minimum atomic E-state index is -0.619. The molecule has 6 heteroatoms. The van der Waals surface area contributed by atoms with Crippen molar-refractivity contribution in [1.82, 2.24) is 4.90 Å². The molecule has 0 saturated carbocycles. The van der Waals surface area contributed by atoms with E-state index < -0.39 is 5.91 Å². The van der Waals surface area contributed by atoms with E-state index in [-0.39, 0.29) is 16.9 Å². The van der Waals surface area contributed by atoms with Crippen molar-refractivity contribution in [3.05, 3.63) is 76.9 Å². The minimum absolute atomic E-state index is 0.0475. The average molecular weight is 400 g/mol. The van der Waals surface area contributed by atoms with Crippen LogP contribution < -0.4 is 5.73 Å². The molecule has 3 aromatic carbocycles. The van der Waals surface area contributed by atoms with E-state index in [4.69, 9.17) is 21.5 Å². The molecule has 0 radical (unpaired) electrons. The van der Waals surface area contributed by atoms with Gasteiger partial charge < -0.3 is 16.2 Å². The number of likely N-dealkylation sites (tertiary alicyclic amines) is 1. The molecule has 1 saturated heterocycles. The highest BCUT2D eigenvalue weighted by Gasteiger charge is 2.13. The number of nitrogens with two attached hydrogens (primary N) is 1. The molecule has 1 aliphatic heterocycles. The lowest BCUT2D eigenvalue weighted by Gasteiger charge is -2.16. The van der Waals surface area contributed by atoms with E-state index in [9.17, 15) is 4.79 Å². The van der Waals surface area contributed by atoms with Crippen LogP contribution in [0.2, 0.25) is 0 Å². The molecule has 0 aromatic heterocycles. The Bertz CT molecular complexity index is 1110. The van der Waals surface area contributed by atoms with Gasteiger partial charge in [0.1, 0.15) is 11.8 Å². The van der Waals surface area contributed by atoms with Gasteiger partial charge in [0.25, 0.3) is 0 Å². The van der Waals surface area contributed by atoms with Crippen molar-refractivity contribution in [2.24, 2.45) is 5.73 Å². The molecule has 4 rings (SSSR count). The molecule has 152 valence electrons. The number of nitriles is 1. The maximum atomic E-state index is 10.6. The maximum Gasteiger partial charge on any atom is 0.248 e. The number of nitrogens with one attached hydrogen (secondary N) is 1. The summed E-state index contributed by atoms with van der Waals surface area (Å²) in [5, 5.41) is 27.5. The van der Waals surface area contributed by atoms with E-state index in [1.807, 2.05) is 6.07 Å². The van der Waals surface area contributed by atoms with Gasteiger partial charge in [-0.3, -0.25) is 9.69 Å². The summed E-state index contributed by atoms with van der Waals surface area (Å²) in [6, 6.07) is 18.3. The Morgan fingerprint density at radius 2 is 1.83 bits per heavy atom. The Labute approximate surface area is 175 Å². The summed E-state index contributed by atoms with van der Waals surface area (Å²) in [6.07, 6.45) is 4.11. The molecular weight excluding hydrogens is 376 g/mol. The van der Waals surface area contributed by atoms with Crippen LogP contribution in [0.3, 0.4) is 0 Å². The summed E-state index contributed by atoms with van der Waals surface area (Å²) >= 11 is 0. The molecule has 1 amide bonds. The van der Waals surface area contributed by atoms with E-state index in [1.165, 1.54) is 66.7 Å². The summed E-state index contributed by atoms with van der Waals surface area (Å²) in [4.78, 5) is 13.1. The van der Waals surface area contributed by atoms with Gasteiger partial charge in [-0.05, 0) is 66.0 Å². The zero-order valence-corrected chi connectivity index (χ0v) is 16.6. The van der Waals surface area contributed by atoms with E-state index >= 15 is 0 Å². The summed E-state index contributed by atoms with van der Waals surface area (Å²) in [7, 11) is 0. The third-order valence-electron chi connectivity index (χ3n) is 5.20. The first-order valence-corrected chi connectivity index (χ1v) is 9.80. The van der Waals surface area contributed by atoms with Crippen molar-refractivity contribution in [3.8, 4) is 11.8 Å². The number of rotatable bonds is 4. The quantitative estimate of drug-likeness (QED) is 0.578. The topological polar surface area (TPSA) is 114 Å². The number of hydrogen-bond donors (Lipinski definition) is 3. The van der Waals surface area contributed by atoms with Crippen LogP contribution in [0.25, 0.3) is 10.8 Å². The number of carbonyl (C=O) groups excluding carboxylic acids is 1. The lowest BCUT2D eigenvalue weighted by atomic mass is 10.0. The van der Waals surface area contributed by atoms with Crippen LogP contribution in [0, 0.1) is 16.7 Å². The van der Waals surface area contributed by atoms with Gasteiger partial charge in [-0.1, -0.05) is 36.4 Å². The largest absolute Gasteiger partial charge is 0.507 e. The number of phenolic OH excluding ortho intramolecular Hbond substituents is 1. The second-order valence-corrected chi connectivity index (χ2v) is 7.20. The number of nitrogens with zero attached hydrogens (tertiary/aromatic N) is 2. The summed E-state index contributed by atoms with van der Waals surface area (Å²) in [6.45, 7) is 3.49. The van der Waals surface area contributed by atoms with E-state index in [2.05, 4.69) is 35.2 Å². The first kappa shape index (κ1) is 21.0. The normalized spacial score (nSPS) is 13.3. The number of benzene rings is 3. The van der Waals surface area contributed by atoms with Gasteiger partial charge in [0.05, 0.1) is 5.56 Å². The third-order valence-corrected chi connectivity index (χ3v) is 5.20. The monoisotopic (exact) mass is 400 g/mol. The fourth-order valence-corrected chi connectivity index (χ4v) is 3.62. The van der Waals surface area contributed by atoms with Gasteiger partial charge in [0.15, 0.2) is 0 Å². The highest BCUT2D eigenvalue weighted by Crippen LogP contribution is 2.24. The molecule has 0 aliphatic carbocycles. The van der Waals surface area contributed by atoms with Gasteiger partial charge in [-0.15, -0.1) is 0 Å². The summed E-state index contributed by atoms with van der Waals surface area (Å²) < 4.78 is 0. The zero-order valence-electron chi connectivity index (χ0n) is 16.6. The molecule has 30 heavy (non-hydrogen) atoms. The van der Waals surface area contributed by atoms with Crippen molar-refractivity contribution >= 4 is 22.9 Å². The minimum Gasteiger partial charge on any atom is -0.507 e. The molecule has 3 aromatic rings. The number of amides is 1. The van der Waals surface area contributed by atoms with Crippen LogP contribution >= 0.6 is 0 Å². The van der Waals surface area contributed by atoms with Crippen LogP contribution in [0.5, 0.6) is 5.75 Å². The van der Waals surface area contributed by atoms with Crippen molar-refractivity contribution in [3.63, 3.8) is 0 Å². The van der Waals surface area contributed by atoms with Crippen LogP contribution in [0.4, 0.5) is 0 Å². The Kier molecular flexibility index (Phi) is 6.79. The van der Waals surface area contributed by atoms with Crippen LogP contribution in [-0.4, -0.2) is 35.2 Å². The number of carbonyl (C=O) groups is 1. The lowest BCUT2D eigenvalue weighted by Crippen LogP contribution is -2.18. The SMILES string of the molecule is N#Cc1cc(C(N)=O)ccc1O.N=Cc1cccc2c(CN3CCCC3)cccc12.